The van der Waals surface area contributed by atoms with E-state index in [9.17, 15) is 0 Å². The van der Waals surface area contributed by atoms with Crippen molar-refractivity contribution in [2.75, 3.05) is 5.43 Å². The number of nitrogens with one attached hydrogen (secondary N) is 1. The lowest BCUT2D eigenvalue weighted by Crippen LogP contribution is -2.20. The van der Waals surface area contributed by atoms with Gasteiger partial charge in [-0.15, -0.1) is 0 Å². The van der Waals surface area contributed by atoms with Crippen LogP contribution in [0.4, 0.5) is 0 Å². The van der Waals surface area contributed by atoms with Crippen molar-refractivity contribution >= 4 is 0 Å². The molecule has 20 heavy (non-hydrogen) atoms. The molecule has 1 N–H and O–H groups in total. The standard InChI is InChI=1S/C17H24N2O/c1-12(2)20-17-10-8-16(9-11-17)15(5)18-19-13(3)6-7-14(19)4/h6-12,15,18H,1-5H3. The van der Waals surface area contributed by atoms with E-state index in [1.165, 1.54) is 17.0 Å². The van der Waals surface area contributed by atoms with Crippen LogP contribution in [0.3, 0.4) is 0 Å². The van der Waals surface area contributed by atoms with Gasteiger partial charge in [-0.1, -0.05) is 12.1 Å². The summed E-state index contributed by atoms with van der Waals surface area (Å²) in [4.78, 5) is 0. The van der Waals surface area contributed by atoms with Crippen LogP contribution in [0.25, 0.3) is 0 Å². The van der Waals surface area contributed by atoms with E-state index in [0.717, 1.165) is 5.75 Å². The normalized spacial score (nSPS) is 12.5. The molecule has 1 aromatic heterocycles. The predicted molar refractivity (Wildman–Crippen MR) is 83.9 cm³/mol. The molecule has 1 atom stereocenters. The summed E-state index contributed by atoms with van der Waals surface area (Å²) in [7, 11) is 0. The number of hydrogen-bond donors (Lipinski definition) is 1. The largest absolute Gasteiger partial charge is 0.491 e. The first kappa shape index (κ1) is 14.5. The molecule has 0 fully saturated rings. The maximum atomic E-state index is 5.67. The monoisotopic (exact) mass is 272 g/mol. The minimum absolute atomic E-state index is 0.210. The van der Waals surface area contributed by atoms with E-state index in [0.29, 0.717) is 0 Å². The topological polar surface area (TPSA) is 26.2 Å². The Morgan fingerprint density at radius 2 is 1.45 bits per heavy atom. The Morgan fingerprint density at radius 3 is 1.95 bits per heavy atom. The van der Waals surface area contributed by atoms with Gasteiger partial charge in [-0.25, -0.2) is 0 Å². The quantitative estimate of drug-likeness (QED) is 0.883. The summed E-state index contributed by atoms with van der Waals surface area (Å²) in [5, 5.41) is 0. The summed E-state index contributed by atoms with van der Waals surface area (Å²) in [5.74, 6) is 0.921. The van der Waals surface area contributed by atoms with Crippen molar-refractivity contribution in [1.82, 2.24) is 4.68 Å². The third-order valence-corrected chi connectivity index (χ3v) is 3.35. The molecule has 0 amide bonds. The van der Waals surface area contributed by atoms with Gasteiger partial charge in [-0.2, -0.15) is 0 Å². The lowest BCUT2D eigenvalue weighted by atomic mass is 10.1. The fourth-order valence-electron chi connectivity index (χ4n) is 2.25. The lowest BCUT2D eigenvalue weighted by Gasteiger charge is -2.20. The van der Waals surface area contributed by atoms with Gasteiger partial charge in [0, 0.05) is 11.4 Å². The molecule has 0 saturated carbocycles. The van der Waals surface area contributed by atoms with E-state index in [1.807, 2.05) is 26.0 Å². The molecule has 0 aliphatic carbocycles. The number of aryl methyl sites for hydroxylation is 2. The number of rotatable bonds is 5. The summed E-state index contributed by atoms with van der Waals surface area (Å²) >= 11 is 0. The molecule has 1 unspecified atom stereocenters. The first-order chi connectivity index (χ1) is 9.47. The van der Waals surface area contributed by atoms with Crippen LogP contribution in [0.5, 0.6) is 5.75 Å². The van der Waals surface area contributed by atoms with Crippen LogP contribution in [0.1, 0.15) is 43.8 Å². The first-order valence-corrected chi connectivity index (χ1v) is 7.15. The van der Waals surface area contributed by atoms with Gasteiger partial charge in [0.2, 0.25) is 0 Å². The van der Waals surface area contributed by atoms with Gasteiger partial charge in [0.1, 0.15) is 5.75 Å². The van der Waals surface area contributed by atoms with Gasteiger partial charge in [0.15, 0.2) is 0 Å². The molecule has 0 bridgehead atoms. The number of aromatic nitrogens is 1. The molecule has 0 aliphatic rings. The van der Waals surface area contributed by atoms with Crippen LogP contribution in [0.2, 0.25) is 0 Å². The minimum atomic E-state index is 0.210. The molecule has 3 nitrogen and oxygen atoms in total. The number of nitrogens with zero attached hydrogens (tertiary/aromatic N) is 1. The fourth-order valence-corrected chi connectivity index (χ4v) is 2.25. The number of hydrogen-bond acceptors (Lipinski definition) is 2. The summed E-state index contributed by atoms with van der Waals surface area (Å²) < 4.78 is 7.80. The molecule has 2 aromatic rings. The van der Waals surface area contributed by atoms with Crippen LogP contribution < -0.4 is 10.2 Å². The van der Waals surface area contributed by atoms with Crippen molar-refractivity contribution in [2.45, 2.75) is 46.8 Å². The Balaban J connectivity index is 2.08. The lowest BCUT2D eigenvalue weighted by molar-refractivity contribution is 0.242. The van der Waals surface area contributed by atoms with Gasteiger partial charge < -0.3 is 10.2 Å². The second kappa shape index (κ2) is 6.04. The van der Waals surface area contributed by atoms with Crippen LogP contribution in [-0.4, -0.2) is 10.8 Å². The molecule has 0 radical (unpaired) electrons. The Kier molecular flexibility index (Phi) is 4.38. The Labute approximate surface area is 121 Å². The van der Waals surface area contributed by atoms with Crippen molar-refractivity contribution in [3.05, 3.63) is 53.3 Å². The van der Waals surface area contributed by atoms with Gasteiger partial charge in [0.25, 0.3) is 0 Å². The number of benzene rings is 1. The SMILES string of the molecule is Cc1ccc(C)n1NC(C)c1ccc(OC(C)C)cc1. The summed E-state index contributed by atoms with van der Waals surface area (Å²) in [6, 6.07) is 12.8. The highest BCUT2D eigenvalue weighted by Crippen LogP contribution is 2.20. The maximum Gasteiger partial charge on any atom is 0.119 e. The highest BCUT2D eigenvalue weighted by molar-refractivity contribution is 5.30. The third kappa shape index (κ3) is 3.35. The summed E-state index contributed by atoms with van der Waals surface area (Å²) in [6.45, 7) is 10.4. The average Bonchev–Trinajstić information content (AvgIpc) is 2.70. The first-order valence-electron chi connectivity index (χ1n) is 7.15. The van der Waals surface area contributed by atoms with E-state index < -0.39 is 0 Å². The molecule has 0 spiro atoms. The third-order valence-electron chi connectivity index (χ3n) is 3.35. The van der Waals surface area contributed by atoms with Crippen LogP contribution >= 0.6 is 0 Å². The zero-order valence-corrected chi connectivity index (χ0v) is 13.0. The molecular formula is C17H24N2O. The second-order valence-electron chi connectivity index (χ2n) is 5.54. The van der Waals surface area contributed by atoms with E-state index in [4.69, 9.17) is 4.74 Å². The Hall–Kier alpha value is -1.90. The fraction of sp³-hybridized carbons (Fsp3) is 0.412. The Morgan fingerprint density at radius 1 is 0.900 bits per heavy atom. The molecule has 3 heteroatoms. The van der Waals surface area contributed by atoms with Crippen molar-refractivity contribution in [3.8, 4) is 5.75 Å². The average molecular weight is 272 g/mol. The predicted octanol–water partition coefficient (Wildman–Crippen LogP) is 4.20. The van der Waals surface area contributed by atoms with Crippen LogP contribution in [0, 0.1) is 13.8 Å². The Bertz CT molecular complexity index is 535. The summed E-state index contributed by atoms with van der Waals surface area (Å²) in [6.07, 6.45) is 0.210. The van der Waals surface area contributed by atoms with Crippen LogP contribution in [0.15, 0.2) is 36.4 Å². The van der Waals surface area contributed by atoms with Crippen LogP contribution in [-0.2, 0) is 0 Å². The molecule has 0 saturated heterocycles. The minimum Gasteiger partial charge on any atom is -0.491 e. The highest BCUT2D eigenvalue weighted by atomic mass is 16.5. The molecule has 1 aromatic carbocycles. The van der Waals surface area contributed by atoms with E-state index in [1.54, 1.807) is 0 Å². The summed E-state index contributed by atoms with van der Waals surface area (Å²) in [5.41, 5.74) is 7.19. The second-order valence-corrected chi connectivity index (χ2v) is 5.54. The zero-order chi connectivity index (χ0) is 14.7. The van der Waals surface area contributed by atoms with E-state index in [-0.39, 0.29) is 12.1 Å². The van der Waals surface area contributed by atoms with Crippen molar-refractivity contribution in [1.29, 1.82) is 0 Å². The molecular weight excluding hydrogens is 248 g/mol. The van der Waals surface area contributed by atoms with Gasteiger partial charge in [-0.3, -0.25) is 4.68 Å². The van der Waals surface area contributed by atoms with Crippen molar-refractivity contribution in [2.24, 2.45) is 0 Å². The van der Waals surface area contributed by atoms with Gasteiger partial charge in [0.05, 0.1) is 12.1 Å². The maximum absolute atomic E-state index is 5.67. The molecule has 0 aliphatic heterocycles. The molecule has 1 heterocycles. The van der Waals surface area contributed by atoms with E-state index in [2.05, 4.69) is 55.1 Å². The van der Waals surface area contributed by atoms with Gasteiger partial charge in [-0.05, 0) is 64.4 Å². The number of ether oxygens (including phenoxy) is 1. The molecule has 108 valence electrons. The zero-order valence-electron chi connectivity index (χ0n) is 13.0. The van der Waals surface area contributed by atoms with Crippen molar-refractivity contribution in [3.63, 3.8) is 0 Å². The van der Waals surface area contributed by atoms with Crippen molar-refractivity contribution < 1.29 is 4.74 Å². The molecule has 2 rings (SSSR count). The van der Waals surface area contributed by atoms with E-state index >= 15 is 0 Å². The highest BCUT2D eigenvalue weighted by Gasteiger charge is 2.08. The van der Waals surface area contributed by atoms with Gasteiger partial charge >= 0.3 is 0 Å². The smallest absolute Gasteiger partial charge is 0.119 e.